The van der Waals surface area contributed by atoms with Crippen LogP contribution < -0.4 is 25.3 Å². The maximum absolute atomic E-state index is 12.4. The molecule has 1 aliphatic carbocycles. The van der Waals surface area contributed by atoms with Gasteiger partial charge in [-0.15, -0.1) is 0 Å². The van der Waals surface area contributed by atoms with Crippen LogP contribution in [0.2, 0.25) is 0 Å². The summed E-state index contributed by atoms with van der Waals surface area (Å²) in [7, 11) is 4.69. The maximum Gasteiger partial charge on any atom is 0.224 e. The number of nitrogens with one attached hydrogen (secondary N) is 1. The van der Waals surface area contributed by atoms with Crippen molar-refractivity contribution in [3.63, 3.8) is 0 Å². The Balaban J connectivity index is 2.08. The molecular weight excluding hydrogens is 308 g/mol. The van der Waals surface area contributed by atoms with E-state index in [1.54, 1.807) is 21.3 Å². The van der Waals surface area contributed by atoms with Crippen molar-refractivity contribution >= 4 is 5.91 Å². The summed E-state index contributed by atoms with van der Waals surface area (Å²) in [6, 6.07) is 3.79. The number of carbonyl (C=O) groups is 1. The Morgan fingerprint density at radius 1 is 1.12 bits per heavy atom. The predicted molar refractivity (Wildman–Crippen MR) is 92.7 cm³/mol. The van der Waals surface area contributed by atoms with Gasteiger partial charge in [0.15, 0.2) is 11.5 Å². The third-order valence-corrected chi connectivity index (χ3v) is 4.65. The zero-order chi connectivity index (χ0) is 17.5. The van der Waals surface area contributed by atoms with Crippen molar-refractivity contribution in [2.24, 2.45) is 11.7 Å². The van der Waals surface area contributed by atoms with Crippen molar-refractivity contribution in [2.75, 3.05) is 27.9 Å². The highest BCUT2D eigenvalue weighted by Gasteiger charge is 2.25. The first-order chi connectivity index (χ1) is 11.6. The first-order valence-electron chi connectivity index (χ1n) is 8.41. The van der Waals surface area contributed by atoms with E-state index in [4.69, 9.17) is 19.9 Å². The van der Waals surface area contributed by atoms with Gasteiger partial charge in [-0.05, 0) is 43.0 Å². The summed E-state index contributed by atoms with van der Waals surface area (Å²) in [6.45, 7) is 0.620. The van der Waals surface area contributed by atoms with Crippen molar-refractivity contribution in [2.45, 2.75) is 38.1 Å². The minimum Gasteiger partial charge on any atom is -0.493 e. The topological polar surface area (TPSA) is 82.8 Å². The quantitative estimate of drug-likeness (QED) is 0.794. The predicted octanol–water partition coefficient (Wildman–Crippen LogP) is 1.89. The Morgan fingerprint density at radius 2 is 1.75 bits per heavy atom. The second kappa shape index (κ2) is 8.78. The van der Waals surface area contributed by atoms with E-state index in [1.807, 2.05) is 12.1 Å². The van der Waals surface area contributed by atoms with Gasteiger partial charge in [-0.2, -0.15) is 0 Å². The molecule has 2 atom stereocenters. The molecule has 2 unspecified atom stereocenters. The molecule has 1 aromatic rings. The van der Waals surface area contributed by atoms with Crippen LogP contribution in [0.25, 0.3) is 0 Å². The fourth-order valence-electron chi connectivity index (χ4n) is 3.36. The average molecular weight is 336 g/mol. The molecule has 1 aromatic carbocycles. The van der Waals surface area contributed by atoms with Crippen molar-refractivity contribution < 1.29 is 19.0 Å². The lowest BCUT2D eigenvalue weighted by Gasteiger charge is -2.31. The van der Waals surface area contributed by atoms with E-state index in [9.17, 15) is 4.79 Å². The number of methoxy groups -OCH3 is 3. The number of hydrogen-bond donors (Lipinski definition) is 2. The fraction of sp³-hybridized carbons (Fsp3) is 0.611. The van der Waals surface area contributed by atoms with Gasteiger partial charge >= 0.3 is 0 Å². The molecule has 1 amide bonds. The molecule has 134 valence electrons. The molecule has 2 rings (SSSR count). The summed E-state index contributed by atoms with van der Waals surface area (Å²) in [5.74, 6) is 2.01. The number of hydrogen-bond acceptors (Lipinski definition) is 5. The number of benzene rings is 1. The Kier molecular flexibility index (Phi) is 6.73. The normalized spacial score (nSPS) is 20.3. The van der Waals surface area contributed by atoms with Crippen LogP contribution in [-0.2, 0) is 11.2 Å². The number of nitrogens with two attached hydrogens (primary N) is 1. The minimum atomic E-state index is -0.00498. The monoisotopic (exact) mass is 336 g/mol. The first kappa shape index (κ1) is 18.4. The average Bonchev–Trinajstić information content (AvgIpc) is 2.61. The molecule has 1 aliphatic rings. The molecule has 0 saturated heterocycles. The molecule has 1 fully saturated rings. The number of amides is 1. The van der Waals surface area contributed by atoms with Crippen LogP contribution in [0.3, 0.4) is 0 Å². The van der Waals surface area contributed by atoms with Crippen LogP contribution in [-0.4, -0.2) is 39.8 Å². The fourth-order valence-corrected chi connectivity index (χ4v) is 3.36. The SMILES string of the molecule is COc1cc(CC(=O)NC2CCCCC2CN)cc(OC)c1OC. The van der Waals surface area contributed by atoms with Gasteiger partial charge in [-0.25, -0.2) is 0 Å². The Bertz CT molecular complexity index is 537. The van der Waals surface area contributed by atoms with E-state index in [2.05, 4.69) is 5.32 Å². The number of rotatable bonds is 7. The minimum absolute atomic E-state index is 0.00498. The summed E-state index contributed by atoms with van der Waals surface area (Å²) >= 11 is 0. The van der Waals surface area contributed by atoms with E-state index in [1.165, 1.54) is 6.42 Å². The molecule has 3 N–H and O–H groups in total. The van der Waals surface area contributed by atoms with Gasteiger partial charge in [0, 0.05) is 6.04 Å². The van der Waals surface area contributed by atoms with Gasteiger partial charge in [-0.3, -0.25) is 4.79 Å². The van der Waals surface area contributed by atoms with Crippen molar-refractivity contribution in [1.29, 1.82) is 0 Å². The van der Waals surface area contributed by atoms with Crippen LogP contribution in [0.5, 0.6) is 17.2 Å². The van der Waals surface area contributed by atoms with Crippen molar-refractivity contribution in [1.82, 2.24) is 5.32 Å². The molecule has 6 nitrogen and oxygen atoms in total. The Morgan fingerprint density at radius 3 is 2.29 bits per heavy atom. The Labute approximate surface area is 143 Å². The molecule has 1 saturated carbocycles. The van der Waals surface area contributed by atoms with Crippen LogP contribution in [0.4, 0.5) is 0 Å². The van der Waals surface area contributed by atoms with E-state index in [-0.39, 0.29) is 18.4 Å². The number of ether oxygens (including phenoxy) is 3. The van der Waals surface area contributed by atoms with Crippen LogP contribution in [0.1, 0.15) is 31.2 Å². The smallest absolute Gasteiger partial charge is 0.224 e. The second-order valence-corrected chi connectivity index (χ2v) is 6.16. The highest BCUT2D eigenvalue weighted by Crippen LogP contribution is 2.38. The van der Waals surface area contributed by atoms with Gasteiger partial charge in [0.25, 0.3) is 0 Å². The Hall–Kier alpha value is -1.95. The number of carbonyl (C=O) groups excluding carboxylic acids is 1. The van der Waals surface area contributed by atoms with E-state index in [0.717, 1.165) is 24.8 Å². The zero-order valence-corrected chi connectivity index (χ0v) is 14.8. The van der Waals surface area contributed by atoms with E-state index in [0.29, 0.717) is 29.7 Å². The summed E-state index contributed by atoms with van der Waals surface area (Å²) in [5.41, 5.74) is 6.65. The standard InChI is InChI=1S/C18H28N2O4/c1-22-15-8-12(9-16(23-2)18(15)24-3)10-17(21)20-14-7-5-4-6-13(14)11-19/h8-9,13-14H,4-7,10-11,19H2,1-3H3,(H,20,21). The lowest BCUT2D eigenvalue weighted by Crippen LogP contribution is -2.45. The summed E-state index contributed by atoms with van der Waals surface area (Å²) in [4.78, 5) is 12.4. The molecule has 0 heterocycles. The molecule has 0 radical (unpaired) electrons. The van der Waals surface area contributed by atoms with Gasteiger partial charge in [0.1, 0.15) is 0 Å². The van der Waals surface area contributed by atoms with Gasteiger partial charge in [0.05, 0.1) is 27.8 Å². The maximum atomic E-state index is 12.4. The lowest BCUT2D eigenvalue weighted by atomic mass is 9.84. The molecule has 6 heteroatoms. The molecule has 0 aliphatic heterocycles. The van der Waals surface area contributed by atoms with Crippen LogP contribution >= 0.6 is 0 Å². The molecule has 0 bridgehead atoms. The van der Waals surface area contributed by atoms with E-state index >= 15 is 0 Å². The van der Waals surface area contributed by atoms with Crippen LogP contribution in [0, 0.1) is 5.92 Å². The molecule has 0 spiro atoms. The zero-order valence-electron chi connectivity index (χ0n) is 14.8. The van der Waals surface area contributed by atoms with Crippen molar-refractivity contribution in [3.05, 3.63) is 17.7 Å². The van der Waals surface area contributed by atoms with E-state index < -0.39 is 0 Å². The molecular formula is C18H28N2O4. The lowest BCUT2D eigenvalue weighted by molar-refractivity contribution is -0.121. The first-order valence-corrected chi connectivity index (χ1v) is 8.41. The highest BCUT2D eigenvalue weighted by atomic mass is 16.5. The highest BCUT2D eigenvalue weighted by molar-refractivity contribution is 5.79. The summed E-state index contributed by atoms with van der Waals surface area (Å²) in [6.07, 6.45) is 4.70. The van der Waals surface area contributed by atoms with Gasteiger partial charge in [0.2, 0.25) is 11.7 Å². The molecule has 0 aromatic heterocycles. The van der Waals surface area contributed by atoms with Gasteiger partial charge in [-0.1, -0.05) is 12.8 Å². The third-order valence-electron chi connectivity index (χ3n) is 4.65. The van der Waals surface area contributed by atoms with Crippen LogP contribution in [0.15, 0.2) is 12.1 Å². The third kappa shape index (κ3) is 4.32. The largest absolute Gasteiger partial charge is 0.493 e. The second-order valence-electron chi connectivity index (χ2n) is 6.16. The molecule has 24 heavy (non-hydrogen) atoms. The summed E-state index contributed by atoms with van der Waals surface area (Å²) in [5, 5.41) is 3.14. The van der Waals surface area contributed by atoms with Crippen molar-refractivity contribution in [3.8, 4) is 17.2 Å². The summed E-state index contributed by atoms with van der Waals surface area (Å²) < 4.78 is 16.0. The van der Waals surface area contributed by atoms with Gasteiger partial charge < -0.3 is 25.3 Å².